The molecular weight excluding hydrogens is 270 g/mol. The van der Waals surface area contributed by atoms with Crippen molar-refractivity contribution in [1.82, 2.24) is 5.32 Å². The summed E-state index contributed by atoms with van der Waals surface area (Å²) in [5.41, 5.74) is 2.61. The third-order valence-electron chi connectivity index (χ3n) is 4.68. The van der Waals surface area contributed by atoms with Gasteiger partial charge in [0.2, 0.25) is 0 Å². The zero-order valence-corrected chi connectivity index (χ0v) is 13.5. The first-order valence-corrected chi connectivity index (χ1v) is 8.25. The van der Waals surface area contributed by atoms with Crippen molar-refractivity contribution in [2.75, 3.05) is 6.54 Å². The molecule has 2 aromatic rings. The molecule has 0 aliphatic carbocycles. The largest absolute Gasteiger partial charge is 0.487 e. The van der Waals surface area contributed by atoms with Gasteiger partial charge in [-0.3, -0.25) is 0 Å². The molecule has 0 amide bonds. The first-order valence-electron chi connectivity index (χ1n) is 8.25. The highest BCUT2D eigenvalue weighted by Gasteiger charge is 2.35. The molecule has 1 aliphatic rings. The van der Waals surface area contributed by atoms with Crippen LogP contribution in [0.25, 0.3) is 0 Å². The van der Waals surface area contributed by atoms with Crippen LogP contribution in [0.15, 0.2) is 54.6 Å². The van der Waals surface area contributed by atoms with Crippen LogP contribution in [0.1, 0.15) is 43.9 Å². The number of benzene rings is 2. The van der Waals surface area contributed by atoms with Crippen LogP contribution in [0.3, 0.4) is 0 Å². The molecule has 0 spiro atoms. The Morgan fingerprint density at radius 3 is 2.59 bits per heavy atom. The molecule has 1 N–H and O–H groups in total. The molecule has 2 aromatic carbocycles. The minimum Gasteiger partial charge on any atom is -0.487 e. The highest BCUT2D eigenvalue weighted by Crippen LogP contribution is 2.40. The highest BCUT2D eigenvalue weighted by molar-refractivity contribution is 5.38. The van der Waals surface area contributed by atoms with E-state index in [0.717, 1.165) is 31.6 Å². The molecule has 2 heteroatoms. The lowest BCUT2D eigenvalue weighted by molar-refractivity contribution is 0.0444. The number of ether oxygens (including phenoxy) is 1. The Bertz CT molecular complexity index is 610. The topological polar surface area (TPSA) is 21.3 Å². The van der Waals surface area contributed by atoms with Gasteiger partial charge in [-0.25, -0.2) is 0 Å². The summed E-state index contributed by atoms with van der Waals surface area (Å²) in [5.74, 6) is 1.04. The van der Waals surface area contributed by atoms with Gasteiger partial charge < -0.3 is 10.1 Å². The minimum absolute atomic E-state index is 0.0707. The van der Waals surface area contributed by atoms with E-state index in [4.69, 9.17) is 4.74 Å². The summed E-state index contributed by atoms with van der Waals surface area (Å²) in [6, 6.07) is 19.5. The van der Waals surface area contributed by atoms with Crippen LogP contribution in [0.2, 0.25) is 0 Å². The van der Waals surface area contributed by atoms with Gasteiger partial charge in [-0.15, -0.1) is 0 Å². The second-order valence-corrected chi connectivity index (χ2v) is 6.39. The van der Waals surface area contributed by atoms with Gasteiger partial charge in [0.15, 0.2) is 0 Å². The van der Waals surface area contributed by atoms with Crippen LogP contribution >= 0.6 is 0 Å². The monoisotopic (exact) mass is 295 g/mol. The van der Waals surface area contributed by atoms with E-state index >= 15 is 0 Å². The summed E-state index contributed by atoms with van der Waals surface area (Å²) in [6.45, 7) is 5.41. The van der Waals surface area contributed by atoms with Crippen molar-refractivity contribution in [2.45, 2.75) is 44.8 Å². The van der Waals surface area contributed by atoms with Crippen molar-refractivity contribution in [3.8, 4) is 5.75 Å². The van der Waals surface area contributed by atoms with E-state index in [1.54, 1.807) is 0 Å². The van der Waals surface area contributed by atoms with Crippen molar-refractivity contribution < 1.29 is 4.74 Å². The lowest BCUT2D eigenvalue weighted by Crippen LogP contribution is -2.41. The van der Waals surface area contributed by atoms with Gasteiger partial charge in [0.1, 0.15) is 11.4 Å². The average molecular weight is 295 g/mol. The first kappa shape index (κ1) is 15.1. The van der Waals surface area contributed by atoms with Crippen LogP contribution in [-0.4, -0.2) is 12.1 Å². The molecule has 2 unspecified atom stereocenters. The zero-order valence-electron chi connectivity index (χ0n) is 13.5. The molecule has 0 fully saturated rings. The fraction of sp³-hybridized carbons (Fsp3) is 0.400. The van der Waals surface area contributed by atoms with E-state index in [9.17, 15) is 0 Å². The number of para-hydroxylation sites is 1. The van der Waals surface area contributed by atoms with E-state index < -0.39 is 0 Å². The number of hydrogen-bond acceptors (Lipinski definition) is 2. The molecular formula is C20H25NO. The molecule has 0 saturated carbocycles. The van der Waals surface area contributed by atoms with Crippen molar-refractivity contribution in [2.24, 2.45) is 0 Å². The van der Waals surface area contributed by atoms with Gasteiger partial charge in [0, 0.05) is 18.0 Å². The number of nitrogens with one attached hydrogen (secondary N) is 1. The van der Waals surface area contributed by atoms with Crippen LogP contribution in [-0.2, 0) is 6.42 Å². The van der Waals surface area contributed by atoms with Gasteiger partial charge in [-0.2, -0.15) is 0 Å². The maximum atomic E-state index is 6.22. The van der Waals surface area contributed by atoms with Crippen molar-refractivity contribution in [3.63, 3.8) is 0 Å². The summed E-state index contributed by atoms with van der Waals surface area (Å²) in [4.78, 5) is 0. The number of fused-ring (bicyclic) bond motifs is 1. The van der Waals surface area contributed by atoms with Crippen LogP contribution in [0.4, 0.5) is 0 Å². The Balaban J connectivity index is 1.69. The number of rotatable bonds is 5. The Morgan fingerprint density at radius 1 is 1.09 bits per heavy atom. The van der Waals surface area contributed by atoms with E-state index in [0.29, 0.717) is 6.04 Å². The molecule has 3 rings (SSSR count). The standard InChI is InChI=1S/C20H25NO/c1-3-20(2)15-18(17-11-7-8-12-19(17)22-20)21-14-13-16-9-5-4-6-10-16/h4-12,18,21H,3,13-15H2,1-2H3. The molecule has 0 bridgehead atoms. The summed E-state index contributed by atoms with van der Waals surface area (Å²) in [7, 11) is 0. The van der Waals surface area contributed by atoms with Crippen LogP contribution in [0, 0.1) is 0 Å². The van der Waals surface area contributed by atoms with Gasteiger partial charge >= 0.3 is 0 Å². The third kappa shape index (κ3) is 3.33. The predicted molar refractivity (Wildman–Crippen MR) is 91.3 cm³/mol. The van der Waals surface area contributed by atoms with E-state index in [-0.39, 0.29) is 5.60 Å². The SMILES string of the molecule is CCC1(C)CC(NCCc2ccccc2)c2ccccc2O1. The van der Waals surface area contributed by atoms with Crippen molar-refractivity contribution in [3.05, 3.63) is 65.7 Å². The lowest BCUT2D eigenvalue weighted by Gasteiger charge is -2.40. The summed E-state index contributed by atoms with van der Waals surface area (Å²) < 4.78 is 6.22. The Hall–Kier alpha value is -1.80. The van der Waals surface area contributed by atoms with Gasteiger partial charge in [0.05, 0.1) is 0 Å². The van der Waals surface area contributed by atoms with Crippen LogP contribution in [0.5, 0.6) is 5.75 Å². The van der Waals surface area contributed by atoms with Crippen molar-refractivity contribution in [1.29, 1.82) is 0 Å². The maximum absolute atomic E-state index is 6.22. The van der Waals surface area contributed by atoms with Gasteiger partial charge in [-0.05, 0) is 37.9 Å². The average Bonchev–Trinajstić information content (AvgIpc) is 2.56. The molecule has 1 heterocycles. The zero-order chi connectivity index (χ0) is 15.4. The predicted octanol–water partition coefficient (Wildman–Crippen LogP) is 4.51. The second-order valence-electron chi connectivity index (χ2n) is 6.39. The Morgan fingerprint density at radius 2 is 1.82 bits per heavy atom. The summed E-state index contributed by atoms with van der Waals surface area (Å²) >= 11 is 0. The second kappa shape index (κ2) is 6.53. The quantitative estimate of drug-likeness (QED) is 0.876. The smallest absolute Gasteiger partial charge is 0.124 e. The molecule has 2 atom stereocenters. The molecule has 0 aromatic heterocycles. The summed E-state index contributed by atoms with van der Waals surface area (Å²) in [5, 5.41) is 3.74. The maximum Gasteiger partial charge on any atom is 0.124 e. The molecule has 22 heavy (non-hydrogen) atoms. The molecule has 2 nitrogen and oxygen atoms in total. The summed E-state index contributed by atoms with van der Waals surface area (Å²) in [6.07, 6.45) is 3.11. The van der Waals surface area contributed by atoms with E-state index in [1.165, 1.54) is 11.1 Å². The molecule has 1 aliphatic heterocycles. The van der Waals surface area contributed by atoms with Gasteiger partial charge in [-0.1, -0.05) is 55.5 Å². The fourth-order valence-corrected chi connectivity index (χ4v) is 3.14. The Labute approximate surface area is 133 Å². The molecule has 0 radical (unpaired) electrons. The van der Waals surface area contributed by atoms with E-state index in [1.807, 2.05) is 0 Å². The third-order valence-corrected chi connectivity index (χ3v) is 4.68. The van der Waals surface area contributed by atoms with Gasteiger partial charge in [0.25, 0.3) is 0 Å². The minimum atomic E-state index is -0.0707. The lowest BCUT2D eigenvalue weighted by atomic mass is 9.86. The molecule has 0 saturated heterocycles. The Kier molecular flexibility index (Phi) is 4.49. The highest BCUT2D eigenvalue weighted by atomic mass is 16.5. The normalized spacial score (nSPS) is 23.6. The van der Waals surface area contributed by atoms with Crippen molar-refractivity contribution >= 4 is 0 Å². The number of hydrogen-bond donors (Lipinski definition) is 1. The molecule has 116 valence electrons. The van der Waals surface area contributed by atoms with Crippen LogP contribution < -0.4 is 10.1 Å². The van der Waals surface area contributed by atoms with E-state index in [2.05, 4.69) is 73.8 Å². The fourth-order valence-electron chi connectivity index (χ4n) is 3.14. The first-order chi connectivity index (χ1) is 10.7.